The van der Waals surface area contributed by atoms with E-state index in [0.29, 0.717) is 17.8 Å². The summed E-state index contributed by atoms with van der Waals surface area (Å²) in [7, 11) is 0. The number of H-pyrrole nitrogens is 1. The van der Waals surface area contributed by atoms with Gasteiger partial charge in [0.15, 0.2) is 5.82 Å². The Hall–Kier alpha value is -2.25. The van der Waals surface area contributed by atoms with Crippen LogP contribution >= 0.6 is 23.6 Å². The Bertz CT molecular complexity index is 865. The molecule has 7 heteroatoms. The maximum atomic E-state index is 5.64. The quantitative estimate of drug-likeness (QED) is 0.507. The second-order valence-electron chi connectivity index (χ2n) is 5.18. The van der Waals surface area contributed by atoms with Crippen molar-refractivity contribution in [2.75, 3.05) is 6.61 Å². The van der Waals surface area contributed by atoms with E-state index in [1.807, 2.05) is 35.7 Å². The smallest absolute Gasteiger partial charge is 0.216 e. The molecule has 2 heterocycles. The molecule has 0 saturated heterocycles. The maximum absolute atomic E-state index is 5.64. The summed E-state index contributed by atoms with van der Waals surface area (Å²) >= 11 is 6.97. The van der Waals surface area contributed by atoms with Gasteiger partial charge in [-0.1, -0.05) is 25.1 Å². The summed E-state index contributed by atoms with van der Waals surface area (Å²) in [6, 6.07) is 11.9. The molecular formula is C17H18N4OS2. The van der Waals surface area contributed by atoms with Gasteiger partial charge in [0.25, 0.3) is 0 Å². The van der Waals surface area contributed by atoms with E-state index in [0.717, 1.165) is 23.6 Å². The molecule has 5 nitrogen and oxygen atoms in total. The summed E-state index contributed by atoms with van der Waals surface area (Å²) in [4.78, 5) is 1.22. The molecule has 0 amide bonds. The molecule has 0 aliphatic rings. The van der Waals surface area contributed by atoms with Gasteiger partial charge < -0.3 is 4.74 Å². The van der Waals surface area contributed by atoms with Crippen molar-refractivity contribution in [3.63, 3.8) is 0 Å². The van der Waals surface area contributed by atoms with E-state index in [1.54, 1.807) is 22.2 Å². The number of rotatable bonds is 7. The van der Waals surface area contributed by atoms with Crippen molar-refractivity contribution in [2.45, 2.75) is 19.8 Å². The molecule has 2 aromatic heterocycles. The first kappa shape index (κ1) is 16.6. The van der Waals surface area contributed by atoms with Gasteiger partial charge in [-0.05, 0) is 47.8 Å². The van der Waals surface area contributed by atoms with Gasteiger partial charge in [-0.15, -0.1) is 11.3 Å². The SMILES string of the molecule is CCCOc1cccc(/C=N\n2c(Cc3cccs3)n[nH]c2=S)c1. The summed E-state index contributed by atoms with van der Waals surface area (Å²) in [5, 5.41) is 13.6. The molecule has 0 bridgehead atoms. The van der Waals surface area contributed by atoms with Gasteiger partial charge in [0, 0.05) is 11.3 Å². The third-order valence-electron chi connectivity index (χ3n) is 3.28. The predicted molar refractivity (Wildman–Crippen MR) is 99.8 cm³/mol. The molecule has 0 atom stereocenters. The average molecular weight is 358 g/mol. The van der Waals surface area contributed by atoms with Crippen LogP contribution in [0.15, 0.2) is 46.9 Å². The largest absolute Gasteiger partial charge is 0.494 e. The molecular weight excluding hydrogens is 340 g/mol. The number of hydrogen-bond donors (Lipinski definition) is 1. The lowest BCUT2D eigenvalue weighted by atomic mass is 10.2. The van der Waals surface area contributed by atoms with Crippen LogP contribution in [0, 0.1) is 4.77 Å². The van der Waals surface area contributed by atoms with Crippen LogP contribution in [0.2, 0.25) is 0 Å². The summed E-state index contributed by atoms with van der Waals surface area (Å²) in [6.45, 7) is 2.79. The third-order valence-corrected chi connectivity index (χ3v) is 4.42. The molecule has 0 aliphatic carbocycles. The predicted octanol–water partition coefficient (Wildman–Crippen LogP) is 4.26. The Labute approximate surface area is 149 Å². The molecule has 1 N–H and O–H groups in total. The lowest BCUT2D eigenvalue weighted by Crippen LogP contribution is -2.00. The highest BCUT2D eigenvalue weighted by atomic mass is 32.1. The van der Waals surface area contributed by atoms with Crippen LogP contribution in [-0.4, -0.2) is 27.7 Å². The van der Waals surface area contributed by atoms with Crippen molar-refractivity contribution in [2.24, 2.45) is 5.10 Å². The highest BCUT2D eigenvalue weighted by molar-refractivity contribution is 7.71. The van der Waals surface area contributed by atoms with E-state index in [4.69, 9.17) is 17.0 Å². The van der Waals surface area contributed by atoms with Crippen molar-refractivity contribution >= 4 is 29.8 Å². The van der Waals surface area contributed by atoms with Gasteiger partial charge in [0.1, 0.15) is 5.75 Å². The topological polar surface area (TPSA) is 55.2 Å². The van der Waals surface area contributed by atoms with Gasteiger partial charge in [-0.2, -0.15) is 14.9 Å². The first-order valence-electron chi connectivity index (χ1n) is 7.72. The molecule has 0 saturated carbocycles. The summed E-state index contributed by atoms with van der Waals surface area (Å²) in [5.41, 5.74) is 0.953. The number of aromatic nitrogens is 3. The Balaban J connectivity index is 1.79. The van der Waals surface area contributed by atoms with Gasteiger partial charge in [0.05, 0.1) is 12.8 Å². The molecule has 0 spiro atoms. The summed E-state index contributed by atoms with van der Waals surface area (Å²) < 4.78 is 7.79. The second kappa shape index (κ2) is 8.03. The molecule has 0 aliphatic heterocycles. The third kappa shape index (κ3) is 4.18. The standard InChI is InChI=1S/C17H18N4OS2/c1-2-8-22-14-6-3-5-13(10-14)12-18-21-16(19-20-17(21)23)11-15-7-4-9-24-15/h3-7,9-10,12H,2,8,11H2,1H3,(H,20,23)/b18-12-. The van der Waals surface area contributed by atoms with Gasteiger partial charge >= 0.3 is 0 Å². The van der Waals surface area contributed by atoms with Gasteiger partial charge in [-0.25, -0.2) is 0 Å². The van der Waals surface area contributed by atoms with Gasteiger partial charge in [-0.3, -0.25) is 5.10 Å². The normalized spacial score (nSPS) is 11.2. The fourth-order valence-corrected chi connectivity index (χ4v) is 3.06. The highest BCUT2D eigenvalue weighted by Crippen LogP contribution is 2.15. The van der Waals surface area contributed by atoms with Crippen molar-refractivity contribution in [3.8, 4) is 5.75 Å². The zero-order valence-corrected chi connectivity index (χ0v) is 14.9. The van der Waals surface area contributed by atoms with E-state index >= 15 is 0 Å². The monoisotopic (exact) mass is 358 g/mol. The number of hydrogen-bond acceptors (Lipinski definition) is 5. The fraction of sp³-hybridized carbons (Fsp3) is 0.235. The van der Waals surface area contributed by atoms with Crippen LogP contribution in [0.4, 0.5) is 0 Å². The molecule has 1 aromatic carbocycles. The number of benzene rings is 1. The fourth-order valence-electron chi connectivity index (χ4n) is 2.16. The van der Waals surface area contributed by atoms with Crippen molar-refractivity contribution in [1.82, 2.24) is 14.9 Å². The van der Waals surface area contributed by atoms with E-state index in [-0.39, 0.29) is 0 Å². The number of nitrogens with zero attached hydrogens (tertiary/aromatic N) is 3. The van der Waals surface area contributed by atoms with Crippen molar-refractivity contribution < 1.29 is 4.74 Å². The molecule has 3 aromatic rings. The minimum Gasteiger partial charge on any atom is -0.494 e. The zero-order valence-electron chi connectivity index (χ0n) is 13.3. The van der Waals surface area contributed by atoms with Crippen LogP contribution in [0.25, 0.3) is 0 Å². The Morgan fingerprint density at radius 2 is 2.29 bits per heavy atom. The lowest BCUT2D eigenvalue weighted by molar-refractivity contribution is 0.317. The second-order valence-corrected chi connectivity index (χ2v) is 6.60. The Morgan fingerprint density at radius 3 is 3.08 bits per heavy atom. The van der Waals surface area contributed by atoms with Crippen LogP contribution in [0.3, 0.4) is 0 Å². The summed E-state index contributed by atoms with van der Waals surface area (Å²) in [5.74, 6) is 1.63. The van der Waals surface area contributed by atoms with Crippen molar-refractivity contribution in [1.29, 1.82) is 0 Å². The molecule has 0 radical (unpaired) electrons. The first-order valence-corrected chi connectivity index (χ1v) is 9.01. The van der Waals surface area contributed by atoms with Crippen LogP contribution < -0.4 is 4.74 Å². The van der Waals surface area contributed by atoms with Crippen molar-refractivity contribution in [3.05, 3.63) is 62.8 Å². The van der Waals surface area contributed by atoms with E-state index in [1.165, 1.54) is 4.88 Å². The lowest BCUT2D eigenvalue weighted by Gasteiger charge is -2.04. The Morgan fingerprint density at radius 1 is 1.38 bits per heavy atom. The number of aromatic amines is 1. The van der Waals surface area contributed by atoms with Crippen LogP contribution in [0.1, 0.15) is 29.6 Å². The Kier molecular flexibility index (Phi) is 5.55. The molecule has 124 valence electrons. The zero-order chi connectivity index (χ0) is 16.8. The number of ether oxygens (including phenoxy) is 1. The molecule has 0 fully saturated rings. The minimum absolute atomic E-state index is 0.483. The minimum atomic E-state index is 0.483. The van der Waals surface area contributed by atoms with E-state index in [2.05, 4.69) is 28.3 Å². The first-order chi connectivity index (χ1) is 11.8. The van der Waals surface area contributed by atoms with E-state index < -0.39 is 0 Å². The molecule has 3 rings (SSSR count). The number of thiophene rings is 1. The molecule has 0 unspecified atom stereocenters. The summed E-state index contributed by atoms with van der Waals surface area (Å²) in [6.07, 6.45) is 3.44. The average Bonchev–Trinajstić information content (AvgIpc) is 3.22. The molecule has 24 heavy (non-hydrogen) atoms. The van der Waals surface area contributed by atoms with Crippen LogP contribution in [-0.2, 0) is 6.42 Å². The van der Waals surface area contributed by atoms with Gasteiger partial charge in [0.2, 0.25) is 4.77 Å². The number of nitrogens with one attached hydrogen (secondary N) is 1. The van der Waals surface area contributed by atoms with Crippen LogP contribution in [0.5, 0.6) is 5.75 Å². The van der Waals surface area contributed by atoms with E-state index in [9.17, 15) is 0 Å². The maximum Gasteiger partial charge on any atom is 0.216 e. The highest BCUT2D eigenvalue weighted by Gasteiger charge is 2.07.